The maximum absolute atomic E-state index is 14.2. The molecule has 2 heterocycles. The molecule has 3 rings (SSSR count). The summed E-state index contributed by atoms with van der Waals surface area (Å²) in [6.07, 6.45) is 3.72. The molecule has 0 saturated heterocycles. The number of rotatable bonds is 4. The van der Waals surface area contributed by atoms with Gasteiger partial charge in [0.05, 0.1) is 5.71 Å². The van der Waals surface area contributed by atoms with Crippen LogP contribution < -0.4 is 11.1 Å². The molecule has 5 nitrogen and oxygen atoms in total. The van der Waals surface area contributed by atoms with E-state index < -0.39 is 0 Å². The number of hydrogen-bond donors (Lipinski definition) is 2. The molecule has 1 aromatic heterocycles. The highest BCUT2D eigenvalue weighted by molar-refractivity contribution is 6.01. The zero-order valence-corrected chi connectivity index (χ0v) is 11.3. The summed E-state index contributed by atoms with van der Waals surface area (Å²) in [5, 5.41) is 7.01. The molecule has 1 unspecified atom stereocenters. The van der Waals surface area contributed by atoms with Crippen molar-refractivity contribution in [2.75, 3.05) is 11.9 Å². The average molecular weight is 286 g/mol. The Morgan fingerprint density at radius 2 is 2.05 bits per heavy atom. The molecule has 0 bridgehead atoms. The summed E-state index contributed by atoms with van der Waals surface area (Å²) in [6, 6.07) is 8.56. The Kier molecular flexibility index (Phi) is 3.79. The lowest BCUT2D eigenvalue weighted by atomic mass is 10.0. The SMILES string of the molecule is NCC1CC(c2ccc(Nc3ccncc3)cc2F)=NO1. The van der Waals surface area contributed by atoms with Crippen LogP contribution >= 0.6 is 0 Å². The van der Waals surface area contributed by atoms with E-state index in [4.69, 9.17) is 10.6 Å². The van der Waals surface area contributed by atoms with E-state index in [1.807, 2.05) is 12.1 Å². The van der Waals surface area contributed by atoms with Gasteiger partial charge in [-0.25, -0.2) is 4.39 Å². The van der Waals surface area contributed by atoms with Crippen LogP contribution in [-0.4, -0.2) is 23.3 Å². The second-order valence-electron chi connectivity index (χ2n) is 4.76. The first-order valence-corrected chi connectivity index (χ1v) is 6.66. The van der Waals surface area contributed by atoms with E-state index in [1.54, 1.807) is 24.5 Å². The summed E-state index contributed by atoms with van der Waals surface area (Å²) < 4.78 is 14.2. The smallest absolute Gasteiger partial charge is 0.145 e. The van der Waals surface area contributed by atoms with Crippen molar-refractivity contribution in [3.63, 3.8) is 0 Å². The number of pyridine rings is 1. The van der Waals surface area contributed by atoms with Gasteiger partial charge in [-0.3, -0.25) is 4.98 Å². The Bertz CT molecular complexity index is 660. The summed E-state index contributed by atoms with van der Waals surface area (Å²) in [6.45, 7) is 0.371. The van der Waals surface area contributed by atoms with E-state index in [-0.39, 0.29) is 11.9 Å². The normalized spacial score (nSPS) is 17.2. The molecule has 6 heteroatoms. The van der Waals surface area contributed by atoms with Crippen LogP contribution in [0.1, 0.15) is 12.0 Å². The summed E-state index contributed by atoms with van der Waals surface area (Å²) in [4.78, 5) is 9.06. The van der Waals surface area contributed by atoms with Gasteiger partial charge in [0.1, 0.15) is 11.9 Å². The largest absolute Gasteiger partial charge is 0.390 e. The van der Waals surface area contributed by atoms with Gasteiger partial charge in [0.25, 0.3) is 0 Å². The van der Waals surface area contributed by atoms with E-state index in [0.29, 0.717) is 29.9 Å². The van der Waals surface area contributed by atoms with Crippen LogP contribution in [0.4, 0.5) is 15.8 Å². The van der Waals surface area contributed by atoms with Crippen molar-refractivity contribution in [2.45, 2.75) is 12.5 Å². The minimum Gasteiger partial charge on any atom is -0.390 e. The van der Waals surface area contributed by atoms with Gasteiger partial charge >= 0.3 is 0 Å². The Labute approximate surface area is 121 Å². The summed E-state index contributed by atoms with van der Waals surface area (Å²) >= 11 is 0. The van der Waals surface area contributed by atoms with E-state index in [2.05, 4.69) is 15.5 Å². The first-order chi connectivity index (χ1) is 10.3. The highest BCUT2D eigenvalue weighted by Crippen LogP contribution is 2.23. The van der Waals surface area contributed by atoms with Crippen LogP contribution in [0.3, 0.4) is 0 Å². The Balaban J connectivity index is 1.77. The third-order valence-electron chi connectivity index (χ3n) is 3.24. The lowest BCUT2D eigenvalue weighted by Gasteiger charge is -2.08. The van der Waals surface area contributed by atoms with Gasteiger partial charge < -0.3 is 15.9 Å². The van der Waals surface area contributed by atoms with Gasteiger partial charge in [0.15, 0.2) is 0 Å². The summed E-state index contributed by atoms with van der Waals surface area (Å²) in [7, 11) is 0. The molecule has 0 radical (unpaired) electrons. The van der Waals surface area contributed by atoms with Crippen molar-refractivity contribution in [3.8, 4) is 0 Å². The minimum absolute atomic E-state index is 0.158. The third-order valence-corrected chi connectivity index (χ3v) is 3.24. The Morgan fingerprint density at radius 1 is 1.24 bits per heavy atom. The topological polar surface area (TPSA) is 72.5 Å². The standard InChI is InChI=1S/C15H15FN4O/c16-14-7-11(19-10-3-5-18-6-4-10)1-2-13(14)15-8-12(9-17)21-20-15/h1-7,12H,8-9,17H2,(H,18,19). The molecule has 0 fully saturated rings. The maximum atomic E-state index is 14.2. The summed E-state index contributed by atoms with van der Waals surface area (Å²) in [5.74, 6) is -0.339. The predicted octanol–water partition coefficient (Wildman–Crippen LogP) is 2.42. The molecular weight excluding hydrogens is 271 g/mol. The number of aromatic nitrogens is 1. The van der Waals surface area contributed by atoms with Crippen LogP contribution in [0.5, 0.6) is 0 Å². The van der Waals surface area contributed by atoms with Gasteiger partial charge in [-0.05, 0) is 30.3 Å². The quantitative estimate of drug-likeness (QED) is 0.905. The molecule has 0 saturated carbocycles. The molecule has 0 aliphatic carbocycles. The zero-order valence-electron chi connectivity index (χ0n) is 11.3. The monoisotopic (exact) mass is 286 g/mol. The second kappa shape index (κ2) is 5.88. The fraction of sp³-hybridized carbons (Fsp3) is 0.200. The Morgan fingerprint density at radius 3 is 2.71 bits per heavy atom. The number of anilines is 2. The van der Waals surface area contributed by atoms with E-state index in [9.17, 15) is 4.39 Å². The van der Waals surface area contributed by atoms with Crippen LogP contribution in [0.25, 0.3) is 0 Å². The molecule has 1 aliphatic heterocycles. The van der Waals surface area contributed by atoms with Crippen LogP contribution in [-0.2, 0) is 4.84 Å². The van der Waals surface area contributed by atoms with Crippen molar-refractivity contribution in [1.82, 2.24) is 4.98 Å². The first-order valence-electron chi connectivity index (χ1n) is 6.66. The number of oxime groups is 1. The number of halogens is 1. The first kappa shape index (κ1) is 13.5. The second-order valence-corrected chi connectivity index (χ2v) is 4.76. The molecule has 1 aromatic carbocycles. The Hall–Kier alpha value is -2.47. The number of benzene rings is 1. The minimum atomic E-state index is -0.339. The third kappa shape index (κ3) is 3.00. The highest BCUT2D eigenvalue weighted by Gasteiger charge is 2.22. The molecule has 1 atom stereocenters. The molecule has 108 valence electrons. The number of nitrogens with one attached hydrogen (secondary N) is 1. The van der Waals surface area contributed by atoms with Crippen molar-refractivity contribution in [2.24, 2.45) is 10.9 Å². The van der Waals surface area contributed by atoms with Crippen molar-refractivity contribution >= 4 is 17.1 Å². The van der Waals surface area contributed by atoms with Crippen LogP contribution in [0, 0.1) is 5.82 Å². The molecule has 0 amide bonds. The molecule has 0 spiro atoms. The number of nitrogens with two attached hydrogens (primary N) is 1. The van der Waals surface area contributed by atoms with E-state index in [1.165, 1.54) is 6.07 Å². The van der Waals surface area contributed by atoms with Gasteiger partial charge in [-0.1, -0.05) is 5.16 Å². The number of nitrogens with zero attached hydrogens (tertiary/aromatic N) is 2. The van der Waals surface area contributed by atoms with Crippen molar-refractivity contribution in [1.29, 1.82) is 0 Å². The fourth-order valence-electron chi connectivity index (χ4n) is 2.14. The van der Waals surface area contributed by atoms with Gasteiger partial charge in [0.2, 0.25) is 0 Å². The van der Waals surface area contributed by atoms with E-state index in [0.717, 1.165) is 5.69 Å². The van der Waals surface area contributed by atoms with Crippen molar-refractivity contribution < 1.29 is 9.23 Å². The van der Waals surface area contributed by atoms with E-state index >= 15 is 0 Å². The van der Waals surface area contributed by atoms with Gasteiger partial charge in [-0.2, -0.15) is 0 Å². The summed E-state index contributed by atoms with van der Waals surface area (Å²) in [5.41, 5.74) is 8.07. The van der Waals surface area contributed by atoms with Crippen molar-refractivity contribution in [3.05, 3.63) is 54.1 Å². The molecule has 1 aliphatic rings. The zero-order chi connectivity index (χ0) is 14.7. The maximum Gasteiger partial charge on any atom is 0.145 e. The lowest BCUT2D eigenvalue weighted by Crippen LogP contribution is -2.20. The average Bonchev–Trinajstić information content (AvgIpc) is 2.97. The van der Waals surface area contributed by atoms with Gasteiger partial charge in [0, 0.05) is 42.3 Å². The molecular formula is C15H15FN4O. The molecule has 3 N–H and O–H groups in total. The number of hydrogen-bond acceptors (Lipinski definition) is 5. The lowest BCUT2D eigenvalue weighted by molar-refractivity contribution is 0.0918. The predicted molar refractivity (Wildman–Crippen MR) is 79.0 cm³/mol. The van der Waals surface area contributed by atoms with Gasteiger partial charge in [-0.15, -0.1) is 0 Å². The van der Waals surface area contributed by atoms with Crippen LogP contribution in [0.15, 0.2) is 47.9 Å². The molecule has 21 heavy (non-hydrogen) atoms. The van der Waals surface area contributed by atoms with Crippen LogP contribution in [0.2, 0.25) is 0 Å². The fourth-order valence-corrected chi connectivity index (χ4v) is 2.14. The molecule has 2 aromatic rings. The highest BCUT2D eigenvalue weighted by atomic mass is 19.1.